The van der Waals surface area contributed by atoms with Crippen molar-refractivity contribution in [3.05, 3.63) is 157 Å². The third kappa shape index (κ3) is 4.20. The van der Waals surface area contributed by atoms with Gasteiger partial charge < -0.3 is 0 Å². The molecule has 2 nitrogen and oxygen atoms in total. The van der Waals surface area contributed by atoms with Gasteiger partial charge in [-0.3, -0.25) is 4.90 Å². The first-order valence-electron chi connectivity index (χ1n) is 13.7. The number of anilines is 3. The number of hydrogen-bond donors (Lipinski definition) is 0. The predicted octanol–water partition coefficient (Wildman–Crippen LogP) is 10.5. The van der Waals surface area contributed by atoms with Gasteiger partial charge in [-0.25, -0.2) is 4.98 Å². The Bertz CT molecular complexity index is 1890. The minimum Gasteiger partial charge on any atom is -0.294 e. The van der Waals surface area contributed by atoms with Crippen molar-refractivity contribution in [1.82, 2.24) is 4.98 Å². The van der Waals surface area contributed by atoms with E-state index in [2.05, 4.69) is 150 Å². The third-order valence-corrected chi connectivity index (χ3v) is 7.52. The van der Waals surface area contributed by atoms with Gasteiger partial charge in [0.2, 0.25) is 0 Å². The molecule has 40 heavy (non-hydrogen) atoms. The first-order chi connectivity index (χ1) is 19.8. The third-order valence-electron chi connectivity index (χ3n) is 7.52. The molecule has 0 radical (unpaired) electrons. The molecule has 190 valence electrons. The highest BCUT2D eigenvalue weighted by Crippen LogP contribution is 2.47. The molecule has 0 aliphatic carbocycles. The molecule has 1 aromatic heterocycles. The molecular formula is C38H28N2. The molecule has 0 saturated heterocycles. The van der Waals surface area contributed by atoms with Gasteiger partial charge in [-0.1, -0.05) is 127 Å². The lowest BCUT2D eigenvalue weighted by Crippen LogP contribution is -2.13. The summed E-state index contributed by atoms with van der Waals surface area (Å²) in [5.41, 5.74) is 8.11. The molecule has 2 heteroatoms. The number of hydrogen-bond acceptors (Lipinski definition) is 2. The van der Waals surface area contributed by atoms with E-state index in [1.54, 1.807) is 0 Å². The molecule has 0 amide bonds. The second-order valence-corrected chi connectivity index (χ2v) is 10.1. The van der Waals surface area contributed by atoms with Gasteiger partial charge in [-0.05, 0) is 64.2 Å². The standard InChI is InChI=1S/C38H28N2/c1-27-13-12-22-36(39-27)40(31-16-6-3-7-17-31)38-34-20-10-8-18-32(34)37(33-19-9-11-21-35(33)38)30-25-23-29(24-26-30)28-14-4-2-5-15-28/h2-26H,1H3. The van der Waals surface area contributed by atoms with Gasteiger partial charge in [0.15, 0.2) is 0 Å². The van der Waals surface area contributed by atoms with Crippen molar-refractivity contribution in [2.75, 3.05) is 4.90 Å². The number of aromatic nitrogens is 1. The highest BCUT2D eigenvalue weighted by Gasteiger charge is 2.22. The predicted molar refractivity (Wildman–Crippen MR) is 170 cm³/mol. The maximum Gasteiger partial charge on any atom is 0.137 e. The molecule has 0 bridgehead atoms. The van der Waals surface area contributed by atoms with Crippen molar-refractivity contribution < 1.29 is 0 Å². The molecule has 0 fully saturated rings. The molecule has 0 N–H and O–H groups in total. The van der Waals surface area contributed by atoms with Gasteiger partial charge in [0.25, 0.3) is 0 Å². The summed E-state index contributed by atoms with van der Waals surface area (Å²) in [5, 5.41) is 4.82. The van der Waals surface area contributed by atoms with E-state index >= 15 is 0 Å². The number of fused-ring (bicyclic) bond motifs is 2. The zero-order chi connectivity index (χ0) is 26.9. The summed E-state index contributed by atoms with van der Waals surface area (Å²) in [5.74, 6) is 0.904. The molecule has 0 aliphatic heterocycles. The van der Waals surface area contributed by atoms with Crippen LogP contribution in [0.5, 0.6) is 0 Å². The van der Waals surface area contributed by atoms with Crippen LogP contribution in [0, 0.1) is 6.92 Å². The van der Waals surface area contributed by atoms with Crippen LogP contribution in [0.3, 0.4) is 0 Å². The largest absolute Gasteiger partial charge is 0.294 e. The number of para-hydroxylation sites is 1. The second-order valence-electron chi connectivity index (χ2n) is 10.1. The summed E-state index contributed by atoms with van der Waals surface area (Å²) in [6.07, 6.45) is 0. The molecule has 7 aromatic rings. The van der Waals surface area contributed by atoms with E-state index in [1.165, 1.54) is 43.8 Å². The Labute approximate surface area is 234 Å². The van der Waals surface area contributed by atoms with Crippen LogP contribution in [-0.4, -0.2) is 4.98 Å². The van der Waals surface area contributed by atoms with Crippen molar-refractivity contribution >= 4 is 38.7 Å². The van der Waals surface area contributed by atoms with E-state index in [0.717, 1.165) is 22.9 Å². The number of benzene rings is 6. The topological polar surface area (TPSA) is 16.1 Å². The number of pyridine rings is 1. The Hall–Kier alpha value is -5.21. The summed E-state index contributed by atoms with van der Waals surface area (Å²) < 4.78 is 0. The molecule has 7 rings (SSSR count). The minimum atomic E-state index is 0.904. The van der Waals surface area contributed by atoms with Crippen LogP contribution in [-0.2, 0) is 0 Å². The maximum atomic E-state index is 4.98. The molecule has 0 atom stereocenters. The van der Waals surface area contributed by atoms with Crippen molar-refractivity contribution in [2.45, 2.75) is 6.92 Å². The van der Waals surface area contributed by atoms with Gasteiger partial charge in [-0.15, -0.1) is 0 Å². The summed E-state index contributed by atoms with van der Waals surface area (Å²) in [7, 11) is 0. The quantitative estimate of drug-likeness (QED) is 0.213. The van der Waals surface area contributed by atoms with Crippen molar-refractivity contribution in [3.8, 4) is 22.3 Å². The van der Waals surface area contributed by atoms with Crippen LogP contribution in [0.1, 0.15) is 5.69 Å². The van der Waals surface area contributed by atoms with Gasteiger partial charge in [0, 0.05) is 22.2 Å². The Morgan fingerprint density at radius 1 is 0.425 bits per heavy atom. The Morgan fingerprint density at radius 2 is 0.925 bits per heavy atom. The smallest absolute Gasteiger partial charge is 0.137 e. The summed E-state index contributed by atoms with van der Waals surface area (Å²) >= 11 is 0. The van der Waals surface area contributed by atoms with E-state index in [-0.39, 0.29) is 0 Å². The van der Waals surface area contributed by atoms with E-state index in [9.17, 15) is 0 Å². The number of nitrogens with zero attached hydrogens (tertiary/aromatic N) is 2. The van der Waals surface area contributed by atoms with E-state index in [1.807, 2.05) is 13.0 Å². The van der Waals surface area contributed by atoms with Gasteiger partial charge in [0.05, 0.1) is 5.69 Å². The molecule has 0 spiro atoms. The zero-order valence-corrected chi connectivity index (χ0v) is 22.3. The number of aryl methyl sites for hydroxylation is 1. The van der Waals surface area contributed by atoms with Crippen LogP contribution in [0.15, 0.2) is 152 Å². The fourth-order valence-electron chi connectivity index (χ4n) is 5.72. The lowest BCUT2D eigenvalue weighted by molar-refractivity contribution is 1.14. The molecule has 1 heterocycles. The van der Waals surface area contributed by atoms with Gasteiger partial charge in [-0.2, -0.15) is 0 Å². The maximum absolute atomic E-state index is 4.98. The molecule has 6 aromatic carbocycles. The molecule has 0 unspecified atom stereocenters. The molecular weight excluding hydrogens is 484 g/mol. The van der Waals surface area contributed by atoms with Crippen molar-refractivity contribution in [2.24, 2.45) is 0 Å². The van der Waals surface area contributed by atoms with Crippen LogP contribution in [0.25, 0.3) is 43.8 Å². The lowest BCUT2D eigenvalue weighted by atomic mass is 9.89. The summed E-state index contributed by atoms with van der Waals surface area (Å²) in [4.78, 5) is 7.29. The van der Waals surface area contributed by atoms with E-state index < -0.39 is 0 Å². The summed E-state index contributed by atoms with van der Waals surface area (Å²) in [6, 6.07) is 53.8. The van der Waals surface area contributed by atoms with Crippen LogP contribution in [0.4, 0.5) is 17.2 Å². The lowest BCUT2D eigenvalue weighted by Gasteiger charge is -2.28. The number of rotatable bonds is 5. The van der Waals surface area contributed by atoms with Gasteiger partial charge >= 0.3 is 0 Å². The molecule has 0 aliphatic rings. The van der Waals surface area contributed by atoms with Gasteiger partial charge in [0.1, 0.15) is 5.82 Å². The Balaban J connectivity index is 1.52. The van der Waals surface area contributed by atoms with E-state index in [4.69, 9.17) is 4.98 Å². The monoisotopic (exact) mass is 512 g/mol. The normalized spacial score (nSPS) is 11.1. The Kier molecular flexibility index (Phi) is 6.07. The first-order valence-corrected chi connectivity index (χ1v) is 13.7. The second kappa shape index (κ2) is 10.2. The van der Waals surface area contributed by atoms with Crippen LogP contribution in [0.2, 0.25) is 0 Å². The average Bonchev–Trinajstić information content (AvgIpc) is 3.02. The summed E-state index contributed by atoms with van der Waals surface area (Å²) in [6.45, 7) is 2.05. The highest BCUT2D eigenvalue weighted by molar-refractivity contribution is 6.22. The minimum absolute atomic E-state index is 0.904. The molecule has 0 saturated carbocycles. The Morgan fingerprint density at radius 3 is 1.52 bits per heavy atom. The average molecular weight is 513 g/mol. The van der Waals surface area contributed by atoms with Crippen LogP contribution >= 0.6 is 0 Å². The SMILES string of the molecule is Cc1cccc(N(c2ccccc2)c2c3ccccc3c(-c3ccc(-c4ccccc4)cc3)c3ccccc23)n1. The zero-order valence-electron chi connectivity index (χ0n) is 22.3. The van der Waals surface area contributed by atoms with E-state index in [0.29, 0.717) is 0 Å². The van der Waals surface area contributed by atoms with Crippen molar-refractivity contribution in [1.29, 1.82) is 0 Å². The van der Waals surface area contributed by atoms with Crippen molar-refractivity contribution in [3.63, 3.8) is 0 Å². The fourth-order valence-corrected chi connectivity index (χ4v) is 5.72. The first kappa shape index (κ1) is 23.9. The highest BCUT2D eigenvalue weighted by atomic mass is 15.2. The van der Waals surface area contributed by atoms with Crippen LogP contribution < -0.4 is 4.90 Å². The fraction of sp³-hybridized carbons (Fsp3) is 0.0263.